The van der Waals surface area contributed by atoms with Crippen molar-refractivity contribution in [1.82, 2.24) is 5.32 Å². The molecule has 0 bridgehead atoms. The van der Waals surface area contributed by atoms with Crippen molar-refractivity contribution < 1.29 is 9.84 Å². The van der Waals surface area contributed by atoms with Crippen molar-refractivity contribution in [2.45, 2.75) is 26.1 Å². The zero-order valence-corrected chi connectivity index (χ0v) is 7.35. The molecule has 1 unspecified atom stereocenters. The summed E-state index contributed by atoms with van der Waals surface area (Å²) in [5.41, 5.74) is 0. The quantitative estimate of drug-likeness (QED) is 0.577. The first kappa shape index (κ1) is 12.5. The summed E-state index contributed by atoms with van der Waals surface area (Å²) in [6.07, 6.45) is 1.15. The van der Waals surface area contributed by atoms with Crippen molar-refractivity contribution in [3.05, 3.63) is 0 Å². The Morgan fingerprint density at radius 2 is 1.90 bits per heavy atom. The number of nitrogens with one attached hydrogen (secondary N) is 1. The molecule has 0 saturated carbocycles. The highest BCUT2D eigenvalue weighted by Crippen LogP contribution is 1.93. The van der Waals surface area contributed by atoms with E-state index in [1.54, 1.807) is 0 Å². The Morgan fingerprint density at radius 3 is 2.00 bits per heavy atom. The van der Waals surface area contributed by atoms with Crippen LogP contribution in [0.3, 0.4) is 0 Å². The Morgan fingerprint density at radius 1 is 1.50 bits per heavy atom. The number of hydrogen-bond acceptors (Lipinski definition) is 3. The fourth-order valence-corrected chi connectivity index (χ4v) is 0.365. The van der Waals surface area contributed by atoms with Gasteiger partial charge in [-0.05, 0) is 20.5 Å². The second-order valence-electron chi connectivity index (χ2n) is 1.98. The van der Waals surface area contributed by atoms with E-state index in [1.807, 2.05) is 21.0 Å². The van der Waals surface area contributed by atoms with Crippen LogP contribution in [0.4, 0.5) is 0 Å². The Labute approximate surface area is 63.4 Å². The molecule has 0 radical (unpaired) electrons. The SMILES string of the molecule is CCCC(O)OC.CNC. The lowest BCUT2D eigenvalue weighted by molar-refractivity contribution is -0.0783. The third kappa shape index (κ3) is 15.7. The van der Waals surface area contributed by atoms with Gasteiger partial charge >= 0.3 is 0 Å². The maximum absolute atomic E-state index is 8.64. The molecule has 0 aromatic carbocycles. The molecule has 3 nitrogen and oxygen atoms in total. The van der Waals surface area contributed by atoms with E-state index < -0.39 is 6.29 Å². The lowest BCUT2D eigenvalue weighted by atomic mass is 10.3. The first-order valence-electron chi connectivity index (χ1n) is 3.52. The van der Waals surface area contributed by atoms with E-state index >= 15 is 0 Å². The number of aliphatic hydroxyl groups is 1. The minimum absolute atomic E-state index is 0.551. The molecule has 0 aromatic rings. The maximum Gasteiger partial charge on any atom is 0.154 e. The smallest absolute Gasteiger partial charge is 0.154 e. The lowest BCUT2D eigenvalue weighted by Crippen LogP contribution is -2.06. The summed E-state index contributed by atoms with van der Waals surface area (Å²) in [5, 5.41) is 11.4. The highest BCUT2D eigenvalue weighted by atomic mass is 16.6. The fraction of sp³-hybridized carbons (Fsp3) is 1.00. The van der Waals surface area contributed by atoms with E-state index in [0.29, 0.717) is 0 Å². The van der Waals surface area contributed by atoms with Gasteiger partial charge in [-0.1, -0.05) is 13.3 Å². The second kappa shape index (κ2) is 11.6. The fourth-order valence-electron chi connectivity index (χ4n) is 0.365. The van der Waals surface area contributed by atoms with Crippen molar-refractivity contribution >= 4 is 0 Å². The third-order valence-electron chi connectivity index (χ3n) is 0.808. The zero-order valence-electron chi connectivity index (χ0n) is 7.35. The molecule has 0 spiro atoms. The van der Waals surface area contributed by atoms with Crippen LogP contribution in [0.5, 0.6) is 0 Å². The topological polar surface area (TPSA) is 41.5 Å². The van der Waals surface area contributed by atoms with Crippen LogP contribution in [-0.2, 0) is 4.74 Å². The lowest BCUT2D eigenvalue weighted by Gasteiger charge is -2.03. The molecule has 0 rings (SSSR count). The molecule has 0 aliphatic rings. The normalized spacial score (nSPS) is 11.7. The molecular formula is C7H19NO2. The average molecular weight is 149 g/mol. The van der Waals surface area contributed by atoms with E-state index in [4.69, 9.17) is 5.11 Å². The largest absolute Gasteiger partial charge is 0.368 e. The summed E-state index contributed by atoms with van der Waals surface area (Å²) in [6.45, 7) is 2.00. The zero-order chi connectivity index (χ0) is 8.41. The van der Waals surface area contributed by atoms with Crippen molar-refractivity contribution in [2.75, 3.05) is 21.2 Å². The summed E-state index contributed by atoms with van der Waals surface area (Å²) in [6, 6.07) is 0. The van der Waals surface area contributed by atoms with Gasteiger partial charge in [0.05, 0.1) is 0 Å². The molecule has 1 atom stereocenters. The van der Waals surface area contributed by atoms with Gasteiger partial charge in [-0.3, -0.25) is 0 Å². The molecule has 0 heterocycles. The van der Waals surface area contributed by atoms with Crippen molar-refractivity contribution in [2.24, 2.45) is 0 Å². The summed E-state index contributed by atoms with van der Waals surface area (Å²) in [7, 11) is 5.25. The van der Waals surface area contributed by atoms with E-state index in [1.165, 1.54) is 7.11 Å². The summed E-state index contributed by atoms with van der Waals surface area (Å²) in [4.78, 5) is 0. The first-order valence-corrected chi connectivity index (χ1v) is 3.52. The molecule has 0 aliphatic carbocycles. The number of methoxy groups -OCH3 is 1. The van der Waals surface area contributed by atoms with Gasteiger partial charge in [0, 0.05) is 7.11 Å². The molecule has 0 aliphatic heterocycles. The summed E-state index contributed by atoms with van der Waals surface area (Å²) >= 11 is 0. The molecule has 0 saturated heterocycles. The van der Waals surface area contributed by atoms with Gasteiger partial charge < -0.3 is 15.2 Å². The molecule has 3 heteroatoms. The Hall–Kier alpha value is -0.120. The van der Waals surface area contributed by atoms with Crippen LogP contribution < -0.4 is 5.32 Å². The second-order valence-corrected chi connectivity index (χ2v) is 1.98. The molecule has 0 aromatic heterocycles. The van der Waals surface area contributed by atoms with Gasteiger partial charge in [0.1, 0.15) is 0 Å². The minimum atomic E-state index is -0.551. The summed E-state index contributed by atoms with van der Waals surface area (Å²) in [5.74, 6) is 0. The number of rotatable bonds is 3. The van der Waals surface area contributed by atoms with Gasteiger partial charge in [0.25, 0.3) is 0 Å². The van der Waals surface area contributed by atoms with Gasteiger partial charge in [-0.25, -0.2) is 0 Å². The van der Waals surface area contributed by atoms with Crippen LogP contribution in [0.1, 0.15) is 19.8 Å². The Bertz CT molecular complexity index is 50.9. The number of ether oxygens (including phenoxy) is 1. The van der Waals surface area contributed by atoms with Crippen molar-refractivity contribution in [3.8, 4) is 0 Å². The Kier molecular flexibility index (Phi) is 14.6. The highest BCUT2D eigenvalue weighted by Gasteiger charge is 1.94. The Balaban J connectivity index is 0. The first-order chi connectivity index (χ1) is 4.72. The van der Waals surface area contributed by atoms with Gasteiger partial charge in [0.2, 0.25) is 0 Å². The van der Waals surface area contributed by atoms with E-state index in [0.717, 1.165) is 12.8 Å². The molecule has 64 valence electrons. The van der Waals surface area contributed by atoms with Crippen LogP contribution in [0.2, 0.25) is 0 Å². The van der Waals surface area contributed by atoms with Crippen LogP contribution in [0.15, 0.2) is 0 Å². The van der Waals surface area contributed by atoms with E-state index in [-0.39, 0.29) is 0 Å². The minimum Gasteiger partial charge on any atom is -0.368 e. The van der Waals surface area contributed by atoms with Gasteiger partial charge in [-0.15, -0.1) is 0 Å². The van der Waals surface area contributed by atoms with Crippen molar-refractivity contribution in [3.63, 3.8) is 0 Å². The number of hydrogen-bond donors (Lipinski definition) is 2. The van der Waals surface area contributed by atoms with Crippen LogP contribution in [0, 0.1) is 0 Å². The number of aliphatic hydroxyl groups excluding tert-OH is 1. The van der Waals surface area contributed by atoms with Crippen LogP contribution in [0.25, 0.3) is 0 Å². The summed E-state index contributed by atoms with van der Waals surface area (Å²) < 4.78 is 4.55. The van der Waals surface area contributed by atoms with E-state index in [2.05, 4.69) is 10.1 Å². The van der Waals surface area contributed by atoms with Crippen LogP contribution >= 0.6 is 0 Å². The van der Waals surface area contributed by atoms with Crippen LogP contribution in [-0.4, -0.2) is 32.6 Å². The predicted molar refractivity (Wildman–Crippen MR) is 42.9 cm³/mol. The molecule has 0 amide bonds. The maximum atomic E-state index is 8.64. The molecule has 10 heavy (non-hydrogen) atoms. The molecular weight excluding hydrogens is 130 g/mol. The molecule has 2 N–H and O–H groups in total. The predicted octanol–water partition coefficient (Wildman–Crippen LogP) is 0.587. The standard InChI is InChI=1S/C5H12O2.C2H7N/c1-3-4-5(6)7-2;1-3-2/h5-6H,3-4H2,1-2H3;3H,1-2H3. The van der Waals surface area contributed by atoms with Crippen molar-refractivity contribution in [1.29, 1.82) is 0 Å². The third-order valence-corrected chi connectivity index (χ3v) is 0.808. The molecule has 0 fully saturated rings. The van der Waals surface area contributed by atoms with E-state index in [9.17, 15) is 0 Å². The average Bonchev–Trinajstić information content (AvgIpc) is 1.90. The van der Waals surface area contributed by atoms with Gasteiger partial charge in [-0.2, -0.15) is 0 Å². The highest BCUT2D eigenvalue weighted by molar-refractivity contribution is 4.34. The van der Waals surface area contributed by atoms with Gasteiger partial charge in [0.15, 0.2) is 6.29 Å². The monoisotopic (exact) mass is 149 g/mol.